The molecular formula is C25H40N4O13. The van der Waals surface area contributed by atoms with Gasteiger partial charge in [-0.1, -0.05) is 13.8 Å². The van der Waals surface area contributed by atoms with E-state index in [-0.39, 0.29) is 6.42 Å². The van der Waals surface area contributed by atoms with Crippen LogP contribution in [0.1, 0.15) is 72.1 Å². The average molecular weight is 605 g/mol. The smallest absolute Gasteiger partial charge is 0.326 e. The van der Waals surface area contributed by atoms with Crippen molar-refractivity contribution < 1.29 is 63.9 Å². The number of nitrogens with two attached hydrogens (primary N) is 1. The molecule has 42 heavy (non-hydrogen) atoms. The third-order valence-electron chi connectivity index (χ3n) is 6.65. The van der Waals surface area contributed by atoms with Crippen LogP contribution in [0.4, 0.5) is 0 Å². The number of hydrogen-bond acceptors (Lipinski definition) is 10. The molecule has 17 heteroatoms. The molecular weight excluding hydrogens is 564 g/mol. The number of aliphatic carboxylic acids is 5. The highest BCUT2D eigenvalue weighted by Crippen LogP contribution is 2.22. The lowest BCUT2D eigenvalue weighted by molar-refractivity contribution is -0.144. The molecule has 0 aromatic rings. The number of Topliss-reactive ketones (excluding diaryl/α,β-unsaturated/α-hetero) is 1. The molecule has 0 spiro atoms. The summed E-state index contributed by atoms with van der Waals surface area (Å²) in [7, 11) is 0. The van der Waals surface area contributed by atoms with E-state index in [9.17, 15) is 48.6 Å². The second-order valence-electron chi connectivity index (χ2n) is 10.2. The van der Waals surface area contributed by atoms with Gasteiger partial charge in [-0.25, -0.2) is 4.79 Å². The maximum atomic E-state index is 13.3. The predicted octanol–water partition coefficient (Wildman–Crippen LogP) is -1.23. The number of carboxylic acid groups (broad SMARTS) is 5. The number of carbonyl (C=O) groups excluding carboxylic acids is 3. The van der Waals surface area contributed by atoms with E-state index in [2.05, 4.69) is 16.0 Å². The van der Waals surface area contributed by atoms with Crippen LogP contribution in [0.15, 0.2) is 0 Å². The number of carboxylic acids is 5. The summed E-state index contributed by atoms with van der Waals surface area (Å²) in [6, 6.07) is -6.01. The Morgan fingerprint density at radius 3 is 1.38 bits per heavy atom. The van der Waals surface area contributed by atoms with Gasteiger partial charge in [0, 0.05) is 25.7 Å². The standard InChI is InChI=1S/C25H40N4O13/c1-12(2)25(3,21(38)13(26)4-8-17(30)31)29-15(6-10-19(34)35)23(40)27-14(5-9-18(32)33)22(39)28-16(24(41)42)7-11-20(36)37/h12-16,29H,4-11,26H2,1-3H3,(H,27,40)(H,28,39)(H,30,31)(H,32,33)(H,34,35)(H,36,37)(H,41,42). The number of carbonyl (C=O) groups is 8. The summed E-state index contributed by atoms with van der Waals surface area (Å²) in [5.74, 6) is -10.1. The maximum Gasteiger partial charge on any atom is 0.326 e. The lowest BCUT2D eigenvalue weighted by atomic mass is 9.79. The molecule has 0 aliphatic carbocycles. The molecule has 238 valence electrons. The quantitative estimate of drug-likeness (QED) is 0.0698. The van der Waals surface area contributed by atoms with Crippen molar-refractivity contribution in [1.82, 2.24) is 16.0 Å². The Bertz CT molecular complexity index is 1030. The van der Waals surface area contributed by atoms with Crippen molar-refractivity contribution in [2.45, 2.75) is 102 Å². The Balaban J connectivity index is 6.17. The van der Waals surface area contributed by atoms with E-state index < -0.39 is 128 Å². The Kier molecular flexibility index (Phi) is 15.9. The lowest BCUT2D eigenvalue weighted by Gasteiger charge is -2.38. The third-order valence-corrected chi connectivity index (χ3v) is 6.65. The van der Waals surface area contributed by atoms with Gasteiger partial charge in [0.25, 0.3) is 0 Å². The summed E-state index contributed by atoms with van der Waals surface area (Å²) < 4.78 is 0. The van der Waals surface area contributed by atoms with Crippen LogP contribution in [0.25, 0.3) is 0 Å². The van der Waals surface area contributed by atoms with Gasteiger partial charge in [-0.05, 0) is 38.5 Å². The van der Waals surface area contributed by atoms with E-state index in [0.717, 1.165) is 0 Å². The van der Waals surface area contributed by atoms with Crippen molar-refractivity contribution in [3.05, 3.63) is 0 Å². The van der Waals surface area contributed by atoms with Gasteiger partial charge in [0.1, 0.15) is 12.1 Å². The van der Waals surface area contributed by atoms with Crippen molar-refractivity contribution in [3.8, 4) is 0 Å². The first-order valence-electron chi connectivity index (χ1n) is 13.1. The van der Waals surface area contributed by atoms with Crippen LogP contribution in [0.2, 0.25) is 0 Å². The highest BCUT2D eigenvalue weighted by Gasteiger charge is 2.42. The highest BCUT2D eigenvalue weighted by atomic mass is 16.4. The van der Waals surface area contributed by atoms with E-state index in [1.807, 2.05) is 0 Å². The zero-order chi connectivity index (χ0) is 32.8. The number of hydrogen-bond donors (Lipinski definition) is 9. The topological polar surface area (TPSA) is 300 Å². The first-order valence-corrected chi connectivity index (χ1v) is 13.1. The molecule has 0 fully saturated rings. The molecule has 0 radical (unpaired) electrons. The molecule has 0 rings (SSSR count). The van der Waals surface area contributed by atoms with Gasteiger partial charge in [0.2, 0.25) is 11.8 Å². The van der Waals surface area contributed by atoms with Gasteiger partial charge in [-0.2, -0.15) is 0 Å². The van der Waals surface area contributed by atoms with Crippen LogP contribution in [0, 0.1) is 5.92 Å². The van der Waals surface area contributed by atoms with Crippen LogP contribution in [-0.2, 0) is 38.4 Å². The maximum absolute atomic E-state index is 13.3. The fourth-order valence-electron chi connectivity index (χ4n) is 3.82. The highest BCUT2D eigenvalue weighted by molar-refractivity contribution is 5.95. The molecule has 5 atom stereocenters. The molecule has 0 aromatic heterocycles. The molecule has 0 aliphatic rings. The normalized spacial score (nSPS) is 15.4. The minimum atomic E-state index is -1.67. The first kappa shape index (κ1) is 37.9. The van der Waals surface area contributed by atoms with E-state index in [1.54, 1.807) is 13.8 Å². The minimum absolute atomic E-state index is 0.214. The largest absolute Gasteiger partial charge is 0.481 e. The molecule has 0 heterocycles. The van der Waals surface area contributed by atoms with Crippen molar-refractivity contribution in [3.63, 3.8) is 0 Å². The summed E-state index contributed by atoms with van der Waals surface area (Å²) in [4.78, 5) is 95.2. The molecule has 5 unspecified atom stereocenters. The average Bonchev–Trinajstić information content (AvgIpc) is 2.88. The number of amides is 2. The third kappa shape index (κ3) is 13.5. The second-order valence-corrected chi connectivity index (χ2v) is 10.2. The van der Waals surface area contributed by atoms with Gasteiger partial charge < -0.3 is 41.9 Å². The predicted molar refractivity (Wildman–Crippen MR) is 142 cm³/mol. The summed E-state index contributed by atoms with van der Waals surface area (Å²) in [6.45, 7) is 4.61. The number of ketones is 1. The number of nitrogens with one attached hydrogen (secondary N) is 3. The van der Waals surface area contributed by atoms with Crippen LogP contribution in [0.3, 0.4) is 0 Å². The summed E-state index contributed by atoms with van der Waals surface area (Å²) in [6.07, 6.45) is -3.85. The monoisotopic (exact) mass is 604 g/mol. The Morgan fingerprint density at radius 2 is 0.976 bits per heavy atom. The van der Waals surface area contributed by atoms with Gasteiger partial charge in [0.15, 0.2) is 5.78 Å². The van der Waals surface area contributed by atoms with Crippen LogP contribution >= 0.6 is 0 Å². The molecule has 0 bridgehead atoms. The van der Waals surface area contributed by atoms with Crippen molar-refractivity contribution in [2.75, 3.05) is 0 Å². The minimum Gasteiger partial charge on any atom is -0.481 e. The SMILES string of the molecule is CC(C)C(C)(NC(CCC(=O)O)C(=O)NC(CCC(=O)O)C(=O)NC(CCC(=O)O)C(=O)O)C(=O)C(N)CCC(=O)O. The molecule has 0 saturated carbocycles. The summed E-state index contributed by atoms with van der Waals surface area (Å²) in [5, 5.41) is 52.5. The zero-order valence-electron chi connectivity index (χ0n) is 23.6. The van der Waals surface area contributed by atoms with Crippen LogP contribution in [0.5, 0.6) is 0 Å². The van der Waals surface area contributed by atoms with Gasteiger partial charge in [-0.15, -0.1) is 0 Å². The fraction of sp³-hybridized carbons (Fsp3) is 0.680. The molecule has 17 nitrogen and oxygen atoms in total. The number of rotatable bonds is 22. The van der Waals surface area contributed by atoms with E-state index in [4.69, 9.17) is 21.1 Å². The van der Waals surface area contributed by atoms with Gasteiger partial charge in [0.05, 0.1) is 17.6 Å². The zero-order valence-corrected chi connectivity index (χ0v) is 23.6. The lowest BCUT2D eigenvalue weighted by Crippen LogP contribution is -2.65. The van der Waals surface area contributed by atoms with E-state index >= 15 is 0 Å². The van der Waals surface area contributed by atoms with Crippen molar-refractivity contribution in [1.29, 1.82) is 0 Å². The summed E-state index contributed by atoms with van der Waals surface area (Å²) >= 11 is 0. The summed E-state index contributed by atoms with van der Waals surface area (Å²) in [5.41, 5.74) is 4.34. The molecule has 0 saturated heterocycles. The molecule has 0 aromatic carbocycles. The Morgan fingerprint density at radius 1 is 0.619 bits per heavy atom. The van der Waals surface area contributed by atoms with Gasteiger partial charge >= 0.3 is 29.8 Å². The molecule has 2 amide bonds. The second kappa shape index (κ2) is 17.6. The Labute approximate surface area is 241 Å². The van der Waals surface area contributed by atoms with Crippen LogP contribution in [-0.4, -0.2) is 103 Å². The fourth-order valence-corrected chi connectivity index (χ4v) is 3.82. The van der Waals surface area contributed by atoms with E-state index in [1.165, 1.54) is 6.92 Å². The van der Waals surface area contributed by atoms with Crippen molar-refractivity contribution >= 4 is 47.4 Å². The molecule has 10 N–H and O–H groups in total. The Hall–Kier alpha value is -4.12. The van der Waals surface area contributed by atoms with Crippen LogP contribution < -0.4 is 21.7 Å². The first-order chi connectivity index (χ1) is 19.3. The van der Waals surface area contributed by atoms with Gasteiger partial charge in [-0.3, -0.25) is 38.9 Å². The molecule has 0 aliphatic heterocycles. The van der Waals surface area contributed by atoms with E-state index in [0.29, 0.717) is 0 Å². The van der Waals surface area contributed by atoms with Crippen molar-refractivity contribution in [2.24, 2.45) is 11.7 Å².